The third kappa shape index (κ3) is 3.78. The van der Waals surface area contributed by atoms with Crippen molar-refractivity contribution in [1.29, 1.82) is 0 Å². The third-order valence-corrected chi connectivity index (χ3v) is 5.52. The number of halogens is 1. The summed E-state index contributed by atoms with van der Waals surface area (Å²) in [5.74, 6) is -0.250. The molecule has 0 radical (unpaired) electrons. The van der Waals surface area contributed by atoms with Crippen LogP contribution in [0.4, 0.5) is 0 Å². The van der Waals surface area contributed by atoms with E-state index in [-0.39, 0.29) is 23.6 Å². The number of rotatable bonds is 5. The molecule has 0 unspecified atom stereocenters. The van der Waals surface area contributed by atoms with E-state index >= 15 is 0 Å². The molecule has 6 nitrogen and oxygen atoms in total. The monoisotopic (exact) mass is 424 g/mol. The molecular weight excluding hydrogens is 404 g/mol. The van der Waals surface area contributed by atoms with Crippen LogP contribution in [0.1, 0.15) is 22.3 Å². The third-order valence-electron chi connectivity index (χ3n) is 5.29. The van der Waals surface area contributed by atoms with Crippen LogP contribution in [0.25, 0.3) is 21.9 Å². The predicted octanol–water partition coefficient (Wildman–Crippen LogP) is 4.15. The van der Waals surface area contributed by atoms with Gasteiger partial charge in [0.2, 0.25) is 5.91 Å². The van der Waals surface area contributed by atoms with Gasteiger partial charge in [0.05, 0.1) is 17.4 Å². The maximum Gasteiger partial charge on any atom is 0.340 e. The highest BCUT2D eigenvalue weighted by atomic mass is 35.5. The van der Waals surface area contributed by atoms with Crippen molar-refractivity contribution in [2.75, 3.05) is 6.54 Å². The number of H-pyrrole nitrogens is 1. The highest BCUT2D eigenvalue weighted by molar-refractivity contribution is 6.31. The van der Waals surface area contributed by atoms with Gasteiger partial charge in [0.1, 0.15) is 11.3 Å². The quantitative estimate of drug-likeness (QED) is 0.419. The molecule has 0 bridgehead atoms. The number of hydrogen-bond acceptors (Lipinski definition) is 4. The van der Waals surface area contributed by atoms with E-state index in [0.29, 0.717) is 34.5 Å². The second kappa shape index (κ2) is 7.88. The summed E-state index contributed by atoms with van der Waals surface area (Å²) in [5, 5.41) is 15.2. The summed E-state index contributed by atoms with van der Waals surface area (Å²) in [6.45, 7) is 3.94. The topological polar surface area (TPSA) is 95.3 Å². The molecule has 0 aliphatic carbocycles. The van der Waals surface area contributed by atoms with Crippen LogP contribution in [-0.4, -0.2) is 22.5 Å². The van der Waals surface area contributed by atoms with Gasteiger partial charge in [-0.15, -0.1) is 0 Å². The minimum Gasteiger partial charge on any atom is -0.507 e. The highest BCUT2D eigenvalue weighted by Crippen LogP contribution is 2.30. The first-order chi connectivity index (χ1) is 14.3. The van der Waals surface area contributed by atoms with Crippen molar-refractivity contribution in [3.05, 3.63) is 74.2 Å². The zero-order valence-electron chi connectivity index (χ0n) is 16.6. The van der Waals surface area contributed by atoms with Crippen LogP contribution >= 0.6 is 11.6 Å². The molecule has 0 saturated carbocycles. The summed E-state index contributed by atoms with van der Waals surface area (Å²) in [5.41, 5.74) is 3.38. The number of fused-ring (bicyclic) bond motifs is 2. The number of aromatic hydroxyl groups is 1. The second-order valence-corrected chi connectivity index (χ2v) is 7.87. The van der Waals surface area contributed by atoms with Crippen molar-refractivity contribution >= 4 is 39.4 Å². The van der Waals surface area contributed by atoms with Crippen molar-refractivity contribution in [1.82, 2.24) is 10.3 Å². The molecule has 2 heterocycles. The first-order valence-corrected chi connectivity index (χ1v) is 9.99. The number of carbonyl (C=O) groups excluding carboxylic acids is 1. The van der Waals surface area contributed by atoms with Crippen LogP contribution < -0.4 is 10.9 Å². The van der Waals surface area contributed by atoms with Gasteiger partial charge in [-0.3, -0.25) is 4.79 Å². The standard InChI is InChI=1S/C23H21ClN2O4/c1-12-7-19(27)22-13(2)16(23(29)30-20(22)8-12)10-21(28)25-6-5-14-11-26-18-4-3-15(24)9-17(14)18/h3-4,7-9,11,26-27H,5-6,10H2,1-2H3,(H,25,28). The fourth-order valence-corrected chi connectivity index (χ4v) is 3.95. The Labute approximate surface area is 177 Å². The number of phenols is 1. The smallest absolute Gasteiger partial charge is 0.340 e. The van der Waals surface area contributed by atoms with E-state index in [4.69, 9.17) is 16.0 Å². The molecule has 0 aliphatic rings. The van der Waals surface area contributed by atoms with E-state index in [1.54, 1.807) is 26.0 Å². The Morgan fingerprint density at radius 3 is 2.83 bits per heavy atom. The number of phenolic OH excluding ortho intramolecular Hbond substituents is 1. The van der Waals surface area contributed by atoms with Gasteiger partial charge in [0.25, 0.3) is 0 Å². The van der Waals surface area contributed by atoms with Gasteiger partial charge in [-0.1, -0.05) is 11.6 Å². The maximum atomic E-state index is 12.5. The molecule has 4 rings (SSSR count). The second-order valence-electron chi connectivity index (χ2n) is 7.43. The zero-order valence-corrected chi connectivity index (χ0v) is 17.4. The average molecular weight is 425 g/mol. The van der Waals surface area contributed by atoms with Crippen LogP contribution in [0, 0.1) is 13.8 Å². The Balaban J connectivity index is 1.48. The lowest BCUT2D eigenvalue weighted by molar-refractivity contribution is -0.120. The molecule has 3 N–H and O–H groups in total. The van der Waals surface area contributed by atoms with Crippen LogP contribution in [0.2, 0.25) is 5.02 Å². The van der Waals surface area contributed by atoms with Crippen molar-refractivity contribution in [2.45, 2.75) is 26.7 Å². The lowest BCUT2D eigenvalue weighted by Crippen LogP contribution is -2.29. The number of amides is 1. The summed E-state index contributed by atoms with van der Waals surface area (Å²) in [4.78, 5) is 28.0. The molecule has 0 aliphatic heterocycles. The van der Waals surface area contributed by atoms with Crippen molar-refractivity contribution in [3.8, 4) is 5.75 Å². The fourth-order valence-electron chi connectivity index (χ4n) is 3.78. The summed E-state index contributed by atoms with van der Waals surface area (Å²) in [6, 6.07) is 8.93. The lowest BCUT2D eigenvalue weighted by Gasteiger charge is -2.10. The Hall–Kier alpha value is -3.25. The molecule has 154 valence electrons. The van der Waals surface area contributed by atoms with Crippen molar-refractivity contribution < 1.29 is 14.3 Å². The van der Waals surface area contributed by atoms with E-state index in [9.17, 15) is 14.7 Å². The summed E-state index contributed by atoms with van der Waals surface area (Å²) >= 11 is 6.07. The zero-order chi connectivity index (χ0) is 21.4. The molecule has 0 saturated heterocycles. The Kier molecular flexibility index (Phi) is 5.26. The molecule has 4 aromatic rings. The predicted molar refractivity (Wildman–Crippen MR) is 117 cm³/mol. The summed E-state index contributed by atoms with van der Waals surface area (Å²) in [6.07, 6.45) is 2.41. The van der Waals surface area contributed by atoms with Gasteiger partial charge < -0.3 is 19.8 Å². The summed E-state index contributed by atoms with van der Waals surface area (Å²) in [7, 11) is 0. The molecule has 0 fully saturated rings. The number of carbonyl (C=O) groups is 1. The Morgan fingerprint density at radius 2 is 2.03 bits per heavy atom. The number of benzene rings is 2. The molecule has 30 heavy (non-hydrogen) atoms. The number of aryl methyl sites for hydroxylation is 2. The van der Waals surface area contributed by atoms with Gasteiger partial charge in [0.15, 0.2) is 0 Å². The van der Waals surface area contributed by atoms with E-state index in [0.717, 1.165) is 22.0 Å². The maximum absolute atomic E-state index is 12.5. The fraction of sp³-hybridized carbons (Fsp3) is 0.217. The molecule has 2 aromatic carbocycles. The molecular formula is C23H21ClN2O4. The van der Waals surface area contributed by atoms with Gasteiger partial charge in [-0.25, -0.2) is 4.79 Å². The lowest BCUT2D eigenvalue weighted by atomic mass is 10.0. The van der Waals surface area contributed by atoms with E-state index < -0.39 is 5.63 Å². The first kappa shape index (κ1) is 20.0. The van der Waals surface area contributed by atoms with Gasteiger partial charge in [0, 0.05) is 28.7 Å². The van der Waals surface area contributed by atoms with Gasteiger partial charge in [-0.2, -0.15) is 0 Å². The SMILES string of the molecule is Cc1cc(O)c2c(C)c(CC(=O)NCCc3c[nH]c4ccc(Cl)cc34)c(=O)oc2c1. The van der Waals surface area contributed by atoms with E-state index in [2.05, 4.69) is 10.3 Å². The first-order valence-electron chi connectivity index (χ1n) is 9.61. The largest absolute Gasteiger partial charge is 0.507 e. The summed E-state index contributed by atoms with van der Waals surface area (Å²) < 4.78 is 5.35. The highest BCUT2D eigenvalue weighted by Gasteiger charge is 2.17. The molecule has 2 aromatic heterocycles. The van der Waals surface area contributed by atoms with Crippen LogP contribution in [0.15, 0.2) is 45.7 Å². The van der Waals surface area contributed by atoms with Gasteiger partial charge >= 0.3 is 5.63 Å². The average Bonchev–Trinajstić information content (AvgIpc) is 3.06. The number of hydrogen-bond donors (Lipinski definition) is 3. The van der Waals surface area contributed by atoms with Crippen molar-refractivity contribution in [2.24, 2.45) is 0 Å². The molecule has 7 heteroatoms. The molecule has 1 amide bonds. The van der Waals surface area contributed by atoms with Crippen molar-refractivity contribution in [3.63, 3.8) is 0 Å². The van der Waals surface area contributed by atoms with Crippen LogP contribution in [0.5, 0.6) is 5.75 Å². The minimum atomic E-state index is -0.563. The van der Waals surface area contributed by atoms with Crippen LogP contribution in [-0.2, 0) is 17.6 Å². The Bertz CT molecular complexity index is 1340. The van der Waals surface area contributed by atoms with E-state index in [1.807, 2.05) is 24.4 Å². The Morgan fingerprint density at radius 1 is 1.23 bits per heavy atom. The molecule has 0 atom stereocenters. The van der Waals surface area contributed by atoms with E-state index in [1.165, 1.54) is 0 Å². The normalized spacial score (nSPS) is 11.3. The molecule has 0 spiro atoms. The number of nitrogens with one attached hydrogen (secondary N) is 2. The number of aromatic amines is 1. The van der Waals surface area contributed by atoms with Gasteiger partial charge in [-0.05, 0) is 67.3 Å². The minimum absolute atomic E-state index is 0.0332. The number of aromatic nitrogens is 1. The van der Waals surface area contributed by atoms with Crippen LogP contribution in [0.3, 0.4) is 0 Å².